The summed E-state index contributed by atoms with van der Waals surface area (Å²) in [6.07, 6.45) is 3.04. The van der Waals surface area contributed by atoms with Crippen LogP contribution in [0.4, 0.5) is 11.4 Å². The smallest absolute Gasteiger partial charge is 0.257 e. The fourth-order valence-corrected chi connectivity index (χ4v) is 4.27. The van der Waals surface area contributed by atoms with Gasteiger partial charge in [-0.1, -0.05) is 0 Å². The molecular formula is C16H22N2O2S. The van der Waals surface area contributed by atoms with E-state index in [1.165, 1.54) is 24.1 Å². The Bertz CT molecular complexity index is 535. The maximum atomic E-state index is 12.2. The number of aliphatic hydroxyl groups is 1. The zero-order valence-electron chi connectivity index (χ0n) is 12.4. The van der Waals surface area contributed by atoms with Crippen LogP contribution in [0.1, 0.15) is 24.8 Å². The van der Waals surface area contributed by atoms with Gasteiger partial charge in [-0.2, -0.15) is 11.8 Å². The minimum absolute atomic E-state index is 0.277. The van der Waals surface area contributed by atoms with E-state index < -0.39 is 5.60 Å². The van der Waals surface area contributed by atoms with E-state index in [0.717, 1.165) is 24.5 Å². The third kappa shape index (κ3) is 3.04. The maximum absolute atomic E-state index is 12.2. The summed E-state index contributed by atoms with van der Waals surface area (Å²) in [5.41, 5.74) is 1.99. The number of hydrogen-bond acceptors (Lipinski definition) is 4. The maximum Gasteiger partial charge on any atom is 0.257 e. The molecule has 2 fully saturated rings. The lowest BCUT2D eigenvalue weighted by atomic mass is 10.0. The van der Waals surface area contributed by atoms with Crippen LogP contribution in [-0.4, -0.2) is 41.2 Å². The quantitative estimate of drug-likeness (QED) is 0.900. The molecule has 0 bridgehead atoms. The van der Waals surface area contributed by atoms with Crippen molar-refractivity contribution in [2.45, 2.75) is 31.8 Å². The minimum Gasteiger partial charge on any atom is -0.379 e. The third-order valence-electron chi connectivity index (χ3n) is 4.32. The summed E-state index contributed by atoms with van der Waals surface area (Å²) in [7, 11) is 0. The van der Waals surface area contributed by atoms with Crippen molar-refractivity contribution < 1.29 is 9.90 Å². The molecule has 1 amide bonds. The van der Waals surface area contributed by atoms with Crippen molar-refractivity contribution in [3.05, 3.63) is 23.8 Å². The normalized spacial score (nSPS) is 25.3. The lowest BCUT2D eigenvalue weighted by Crippen LogP contribution is -2.42. The van der Waals surface area contributed by atoms with Gasteiger partial charge in [0.2, 0.25) is 0 Å². The molecule has 2 aliphatic heterocycles. The van der Waals surface area contributed by atoms with Gasteiger partial charge in [0.05, 0.1) is 0 Å². The van der Waals surface area contributed by atoms with E-state index in [2.05, 4.69) is 23.2 Å². The van der Waals surface area contributed by atoms with Gasteiger partial charge in [0.15, 0.2) is 5.60 Å². The first-order valence-corrected chi connectivity index (χ1v) is 8.71. The molecule has 3 rings (SSSR count). The van der Waals surface area contributed by atoms with Crippen LogP contribution in [0.2, 0.25) is 0 Å². The molecule has 1 aromatic carbocycles. The molecule has 2 N–H and O–H groups in total. The van der Waals surface area contributed by atoms with Gasteiger partial charge in [0.1, 0.15) is 0 Å². The van der Waals surface area contributed by atoms with Gasteiger partial charge >= 0.3 is 0 Å². The van der Waals surface area contributed by atoms with E-state index in [1.807, 2.05) is 12.1 Å². The molecule has 1 unspecified atom stereocenters. The van der Waals surface area contributed by atoms with Gasteiger partial charge < -0.3 is 15.3 Å². The Morgan fingerprint density at radius 2 is 2.14 bits per heavy atom. The fraction of sp³-hybridized carbons (Fsp3) is 0.562. The molecule has 21 heavy (non-hydrogen) atoms. The molecule has 0 spiro atoms. The number of thioether (sulfide) groups is 1. The number of nitrogens with zero attached hydrogens (tertiary/aromatic N) is 1. The van der Waals surface area contributed by atoms with Crippen molar-refractivity contribution in [3.8, 4) is 0 Å². The van der Waals surface area contributed by atoms with Crippen molar-refractivity contribution in [2.75, 3.05) is 34.8 Å². The van der Waals surface area contributed by atoms with E-state index in [4.69, 9.17) is 0 Å². The topological polar surface area (TPSA) is 52.6 Å². The van der Waals surface area contributed by atoms with Crippen LogP contribution in [-0.2, 0) is 4.79 Å². The third-order valence-corrected chi connectivity index (χ3v) is 5.50. The van der Waals surface area contributed by atoms with Crippen molar-refractivity contribution in [3.63, 3.8) is 0 Å². The summed E-state index contributed by atoms with van der Waals surface area (Å²) < 4.78 is 0. The Kier molecular flexibility index (Phi) is 4.13. The lowest BCUT2D eigenvalue weighted by Gasteiger charge is -2.23. The zero-order valence-corrected chi connectivity index (χ0v) is 13.2. The predicted molar refractivity (Wildman–Crippen MR) is 88.1 cm³/mol. The van der Waals surface area contributed by atoms with E-state index in [-0.39, 0.29) is 5.91 Å². The Hall–Kier alpha value is -1.20. The van der Waals surface area contributed by atoms with E-state index in [9.17, 15) is 9.90 Å². The summed E-state index contributed by atoms with van der Waals surface area (Å²) in [4.78, 5) is 14.6. The number of hydrogen-bond donors (Lipinski definition) is 2. The summed E-state index contributed by atoms with van der Waals surface area (Å²) >= 11 is 1.62. The number of anilines is 2. The molecule has 2 heterocycles. The van der Waals surface area contributed by atoms with E-state index in [0.29, 0.717) is 12.2 Å². The average molecular weight is 306 g/mol. The number of rotatable bonds is 3. The molecule has 2 saturated heterocycles. The molecule has 0 radical (unpaired) electrons. The predicted octanol–water partition coefficient (Wildman–Crippen LogP) is 2.40. The second kappa shape index (κ2) is 5.89. The van der Waals surface area contributed by atoms with Crippen LogP contribution in [0.25, 0.3) is 0 Å². The van der Waals surface area contributed by atoms with Crippen molar-refractivity contribution in [1.82, 2.24) is 0 Å². The highest BCUT2D eigenvalue weighted by molar-refractivity contribution is 7.99. The monoisotopic (exact) mass is 306 g/mol. The van der Waals surface area contributed by atoms with Gasteiger partial charge in [0, 0.05) is 30.2 Å². The second-order valence-corrected chi connectivity index (χ2v) is 7.09. The highest BCUT2D eigenvalue weighted by Crippen LogP contribution is 2.30. The summed E-state index contributed by atoms with van der Waals surface area (Å²) in [6, 6.07) is 6.00. The largest absolute Gasteiger partial charge is 0.379 e. The van der Waals surface area contributed by atoms with Crippen LogP contribution >= 0.6 is 11.8 Å². The fourth-order valence-electron chi connectivity index (χ4n) is 3.03. The van der Waals surface area contributed by atoms with Gasteiger partial charge in [-0.25, -0.2) is 0 Å². The summed E-state index contributed by atoms with van der Waals surface area (Å²) in [5, 5.41) is 13.1. The standard InChI is InChI=1S/C16H22N2O2S/c1-12-10-13(4-5-14(12)18-7-2-3-8-18)17-15(19)16(20)6-9-21-11-16/h4-5,10,20H,2-3,6-9,11H2,1H3,(H,17,19). The molecule has 0 aromatic heterocycles. The first kappa shape index (κ1) is 14.7. The highest BCUT2D eigenvalue weighted by Gasteiger charge is 2.39. The lowest BCUT2D eigenvalue weighted by molar-refractivity contribution is -0.131. The van der Waals surface area contributed by atoms with Gasteiger partial charge in [-0.3, -0.25) is 4.79 Å². The number of aryl methyl sites for hydroxylation is 1. The number of carbonyl (C=O) groups is 1. The van der Waals surface area contributed by atoms with E-state index >= 15 is 0 Å². The second-order valence-electron chi connectivity index (χ2n) is 5.98. The molecular weight excluding hydrogens is 284 g/mol. The van der Waals surface area contributed by atoms with Crippen LogP contribution in [0.3, 0.4) is 0 Å². The van der Waals surface area contributed by atoms with Crippen LogP contribution in [0, 0.1) is 6.92 Å². The van der Waals surface area contributed by atoms with Crippen LogP contribution in [0.5, 0.6) is 0 Å². The SMILES string of the molecule is Cc1cc(NC(=O)C2(O)CCSC2)ccc1N1CCCC1. The summed E-state index contributed by atoms with van der Waals surface area (Å²) in [6.45, 7) is 4.30. The highest BCUT2D eigenvalue weighted by atomic mass is 32.2. The minimum atomic E-state index is -1.20. The molecule has 2 aliphatic rings. The Morgan fingerprint density at radius 1 is 1.38 bits per heavy atom. The Balaban J connectivity index is 1.71. The van der Waals surface area contributed by atoms with Crippen LogP contribution < -0.4 is 10.2 Å². The molecule has 1 aromatic rings. The van der Waals surface area contributed by atoms with Gasteiger partial charge in [-0.15, -0.1) is 0 Å². The van der Waals surface area contributed by atoms with Crippen molar-refractivity contribution in [1.29, 1.82) is 0 Å². The number of carbonyl (C=O) groups excluding carboxylic acids is 1. The Labute approximate surface area is 129 Å². The number of nitrogens with one attached hydrogen (secondary N) is 1. The molecule has 0 saturated carbocycles. The molecule has 114 valence electrons. The van der Waals surface area contributed by atoms with Crippen molar-refractivity contribution >= 4 is 29.0 Å². The van der Waals surface area contributed by atoms with Crippen LogP contribution in [0.15, 0.2) is 18.2 Å². The molecule has 5 heteroatoms. The molecule has 0 aliphatic carbocycles. The first-order valence-electron chi connectivity index (χ1n) is 7.56. The average Bonchev–Trinajstić information content (AvgIpc) is 3.11. The van der Waals surface area contributed by atoms with Gasteiger partial charge in [0.25, 0.3) is 5.91 Å². The van der Waals surface area contributed by atoms with E-state index in [1.54, 1.807) is 11.8 Å². The number of benzene rings is 1. The summed E-state index contributed by atoms with van der Waals surface area (Å²) in [5.74, 6) is 1.06. The molecule has 4 nitrogen and oxygen atoms in total. The number of amides is 1. The first-order chi connectivity index (χ1) is 10.1. The Morgan fingerprint density at radius 3 is 2.76 bits per heavy atom. The molecule has 1 atom stereocenters. The zero-order chi connectivity index (χ0) is 14.9. The van der Waals surface area contributed by atoms with Crippen molar-refractivity contribution in [2.24, 2.45) is 0 Å². The van der Waals surface area contributed by atoms with Gasteiger partial charge in [-0.05, 0) is 55.7 Å².